The largest absolute Gasteiger partial charge is 0.465 e. The van der Waals surface area contributed by atoms with Gasteiger partial charge >= 0.3 is 0 Å². The molecular weight excluding hydrogens is 468 g/mol. The molecule has 9 unspecified atom stereocenters. The van der Waals surface area contributed by atoms with Gasteiger partial charge in [-0.2, -0.15) is 0 Å². The number of ketones is 1. The number of rotatable bonds is 1. The highest BCUT2D eigenvalue weighted by Crippen LogP contribution is 2.78. The van der Waals surface area contributed by atoms with Crippen molar-refractivity contribution in [3.63, 3.8) is 0 Å². The molecule has 1 aromatic rings. The lowest BCUT2D eigenvalue weighted by Crippen LogP contribution is -2.67. The van der Waals surface area contributed by atoms with Gasteiger partial charge in [0.1, 0.15) is 5.76 Å². The van der Waals surface area contributed by atoms with Gasteiger partial charge in [0.25, 0.3) is 0 Å². The molecule has 6 aliphatic rings. The third-order valence-electron chi connectivity index (χ3n) is 14.6. The van der Waals surface area contributed by atoms with Gasteiger partial charge in [-0.1, -0.05) is 48.5 Å². The summed E-state index contributed by atoms with van der Waals surface area (Å²) in [4.78, 5) is 13.9. The van der Waals surface area contributed by atoms with Crippen LogP contribution in [0.2, 0.25) is 0 Å². The van der Waals surface area contributed by atoms with E-state index in [1.165, 1.54) is 51.4 Å². The summed E-state index contributed by atoms with van der Waals surface area (Å²) in [5.41, 5.74) is 2.16. The molecule has 3 heteroatoms. The van der Waals surface area contributed by atoms with E-state index in [9.17, 15) is 4.79 Å². The van der Waals surface area contributed by atoms with Gasteiger partial charge in [0.2, 0.25) is 0 Å². The summed E-state index contributed by atoms with van der Waals surface area (Å²) < 4.78 is 12.4. The fraction of sp³-hybridized carbons (Fsp3) is 0.800. The molecule has 0 radical (unpaired) electrons. The van der Waals surface area contributed by atoms with E-state index in [1.54, 1.807) is 6.26 Å². The topological polar surface area (TPSA) is 39.4 Å². The second-order valence-electron chi connectivity index (χ2n) is 16.7. The maximum atomic E-state index is 13.9. The van der Waals surface area contributed by atoms with Gasteiger partial charge in [-0.25, -0.2) is 0 Å². The predicted molar refractivity (Wildman–Crippen MR) is 151 cm³/mol. The minimum atomic E-state index is -0.332. The minimum Gasteiger partial charge on any atom is -0.465 e. The minimum absolute atomic E-state index is 0.132. The van der Waals surface area contributed by atoms with Crippen molar-refractivity contribution >= 4 is 11.9 Å². The Kier molecular flexibility index (Phi) is 5.18. The van der Waals surface area contributed by atoms with Crippen molar-refractivity contribution in [2.45, 2.75) is 112 Å². The summed E-state index contributed by atoms with van der Waals surface area (Å²) in [5, 5.41) is 0. The molecule has 7 rings (SSSR count). The van der Waals surface area contributed by atoms with Crippen LogP contribution in [0.15, 0.2) is 28.4 Å². The molecule has 1 aliphatic heterocycles. The van der Waals surface area contributed by atoms with Crippen LogP contribution in [0.3, 0.4) is 0 Å². The van der Waals surface area contributed by atoms with Crippen LogP contribution in [0.25, 0.3) is 6.08 Å². The molecule has 1 saturated heterocycles. The fourth-order valence-corrected chi connectivity index (χ4v) is 12.5. The quantitative estimate of drug-likeness (QED) is 0.349. The molecule has 0 spiro atoms. The molecular formula is C35H50O3. The van der Waals surface area contributed by atoms with E-state index in [0.717, 1.165) is 36.2 Å². The van der Waals surface area contributed by atoms with E-state index < -0.39 is 0 Å². The molecule has 0 aromatic carbocycles. The molecule has 0 N–H and O–H groups in total. The Morgan fingerprint density at radius 2 is 1.63 bits per heavy atom. The van der Waals surface area contributed by atoms with Crippen LogP contribution in [-0.4, -0.2) is 18.5 Å². The first-order valence-corrected chi connectivity index (χ1v) is 15.7. The number of hydrogen-bond acceptors (Lipinski definition) is 3. The average Bonchev–Trinajstić information content (AvgIpc) is 3.47. The Bertz CT molecular complexity index is 1170. The van der Waals surface area contributed by atoms with Crippen molar-refractivity contribution in [2.75, 3.05) is 6.61 Å². The van der Waals surface area contributed by atoms with Crippen LogP contribution >= 0.6 is 0 Å². The number of allylic oxidation sites excluding steroid dienone is 1. The lowest BCUT2D eigenvalue weighted by atomic mass is 9.31. The van der Waals surface area contributed by atoms with E-state index in [-0.39, 0.29) is 10.8 Å². The van der Waals surface area contributed by atoms with Crippen molar-refractivity contribution in [3.05, 3.63) is 29.7 Å². The summed E-state index contributed by atoms with van der Waals surface area (Å²) >= 11 is 0. The molecule has 1 aromatic heterocycles. The number of carbonyl (C=O) groups is 1. The summed E-state index contributed by atoms with van der Waals surface area (Å²) in [6, 6.07) is 3.91. The zero-order valence-corrected chi connectivity index (χ0v) is 25.0. The van der Waals surface area contributed by atoms with Crippen molar-refractivity contribution < 1.29 is 13.9 Å². The number of furan rings is 1. The van der Waals surface area contributed by atoms with Gasteiger partial charge < -0.3 is 9.15 Å². The second-order valence-corrected chi connectivity index (χ2v) is 16.7. The summed E-state index contributed by atoms with van der Waals surface area (Å²) in [5.74, 6) is 3.74. The van der Waals surface area contributed by atoms with Crippen LogP contribution in [0.4, 0.5) is 0 Å². The summed E-state index contributed by atoms with van der Waals surface area (Å²) in [6.07, 6.45) is 15.6. The van der Waals surface area contributed by atoms with Gasteiger partial charge in [0.05, 0.1) is 19.0 Å². The van der Waals surface area contributed by atoms with Crippen molar-refractivity contribution in [3.8, 4) is 0 Å². The fourth-order valence-electron chi connectivity index (χ4n) is 12.5. The van der Waals surface area contributed by atoms with Crippen LogP contribution in [-0.2, 0) is 9.53 Å². The number of ether oxygens (including phenoxy) is 1. The van der Waals surface area contributed by atoms with Crippen LogP contribution in [0, 0.1) is 56.2 Å². The highest BCUT2D eigenvalue weighted by molar-refractivity contribution is 6.04. The molecule has 5 aliphatic carbocycles. The maximum Gasteiger partial charge on any atom is 0.164 e. The highest BCUT2D eigenvalue weighted by atomic mass is 16.5. The Balaban J connectivity index is 1.29. The van der Waals surface area contributed by atoms with Gasteiger partial charge in [0.15, 0.2) is 5.78 Å². The van der Waals surface area contributed by atoms with Crippen molar-refractivity contribution in [1.82, 2.24) is 0 Å². The van der Waals surface area contributed by atoms with Crippen molar-refractivity contribution in [2.24, 2.45) is 56.2 Å². The van der Waals surface area contributed by atoms with E-state index in [1.807, 2.05) is 12.1 Å². The first-order chi connectivity index (χ1) is 17.8. The molecule has 208 valence electrons. The van der Waals surface area contributed by atoms with Gasteiger partial charge in [-0.3, -0.25) is 4.79 Å². The third kappa shape index (κ3) is 2.98. The number of Topliss-reactive ketones (excluding diaryl/α,β-unsaturated/α-hetero) is 1. The first kappa shape index (κ1) is 25.6. The standard InChI is InChI=1S/C35H50O3/c1-30(2)14-16-35-17-15-33(6)24(27(35)29(30)38-21-35)10-11-26-32(5)20-22(19-23-9-8-18-37-23)28(36)31(3,4)25(32)12-13-34(26,33)7/h8-9,18-19,24-27,29H,10-17,20-21H2,1-7H3. The Hall–Kier alpha value is -1.35. The molecule has 0 amide bonds. The Morgan fingerprint density at radius 3 is 2.37 bits per heavy atom. The smallest absolute Gasteiger partial charge is 0.164 e. The monoisotopic (exact) mass is 518 g/mol. The van der Waals surface area contributed by atoms with E-state index in [4.69, 9.17) is 9.15 Å². The van der Waals surface area contributed by atoms with E-state index >= 15 is 0 Å². The van der Waals surface area contributed by atoms with Gasteiger partial charge in [0, 0.05) is 5.41 Å². The van der Waals surface area contributed by atoms with Crippen LogP contribution in [0.1, 0.15) is 112 Å². The lowest BCUT2D eigenvalue weighted by molar-refractivity contribution is -0.236. The molecule has 6 fully saturated rings. The number of hydrogen-bond donors (Lipinski definition) is 0. The SMILES string of the molecule is CC1(C)CCC23CCC4(C)C(CCC5C6(C)CC(=Cc7ccco7)C(=O)C(C)(C)C6CCC54C)C2C1OC3. The number of fused-ring (bicyclic) bond motifs is 5. The van der Waals surface area contributed by atoms with E-state index in [0.29, 0.717) is 45.4 Å². The molecule has 2 heterocycles. The van der Waals surface area contributed by atoms with Crippen LogP contribution in [0.5, 0.6) is 0 Å². The second kappa shape index (κ2) is 7.68. The highest BCUT2D eigenvalue weighted by Gasteiger charge is 2.73. The van der Waals surface area contributed by atoms with Gasteiger partial charge in [-0.05, 0) is 132 Å². The molecule has 3 nitrogen and oxygen atoms in total. The van der Waals surface area contributed by atoms with Gasteiger partial charge in [-0.15, -0.1) is 0 Å². The number of carbonyl (C=O) groups excluding carboxylic acids is 1. The molecule has 2 bridgehead atoms. The molecule has 38 heavy (non-hydrogen) atoms. The van der Waals surface area contributed by atoms with E-state index in [2.05, 4.69) is 54.5 Å². The van der Waals surface area contributed by atoms with Crippen LogP contribution < -0.4 is 0 Å². The normalized spacial score (nSPS) is 51.6. The zero-order valence-electron chi connectivity index (χ0n) is 25.0. The zero-order chi connectivity index (χ0) is 26.9. The summed E-state index contributed by atoms with van der Waals surface area (Å²) in [7, 11) is 0. The Labute approximate surface area is 230 Å². The lowest BCUT2D eigenvalue weighted by Gasteiger charge is -2.73. The third-order valence-corrected chi connectivity index (χ3v) is 14.6. The summed E-state index contributed by atoms with van der Waals surface area (Å²) in [6.45, 7) is 18.4. The predicted octanol–water partition coefficient (Wildman–Crippen LogP) is 8.73. The average molecular weight is 519 g/mol. The maximum absolute atomic E-state index is 13.9. The molecule has 9 atom stereocenters. The first-order valence-electron chi connectivity index (χ1n) is 15.7. The molecule has 5 saturated carbocycles. The Morgan fingerprint density at radius 1 is 0.868 bits per heavy atom. The van der Waals surface area contributed by atoms with Crippen molar-refractivity contribution in [1.29, 1.82) is 0 Å².